The van der Waals surface area contributed by atoms with Crippen LogP contribution in [0.1, 0.15) is 54.4 Å². The van der Waals surface area contributed by atoms with E-state index >= 15 is 0 Å². The summed E-state index contributed by atoms with van der Waals surface area (Å²) >= 11 is 0. The van der Waals surface area contributed by atoms with Gasteiger partial charge in [-0.25, -0.2) is 9.59 Å². The van der Waals surface area contributed by atoms with Crippen LogP contribution in [0.5, 0.6) is 0 Å². The standard InChI is InChI=1S/C18H34N2O5/c1-17(2,3)24-15(21)14(19-16(22)25-18(4,5)6)8-7-9-20-10-12-23-13-11-20/h14H,7-13H2,1-6H3,(H,19,22)/t14-/m0/s1. The number of hydrogen-bond acceptors (Lipinski definition) is 6. The first-order chi connectivity index (χ1) is 11.5. The Kier molecular flexibility index (Phi) is 8.15. The van der Waals surface area contributed by atoms with E-state index in [0.29, 0.717) is 6.42 Å². The molecule has 0 bridgehead atoms. The van der Waals surface area contributed by atoms with Gasteiger partial charge in [0.25, 0.3) is 0 Å². The molecule has 1 heterocycles. The summed E-state index contributed by atoms with van der Waals surface area (Å²) in [5.74, 6) is -0.430. The Morgan fingerprint density at radius 3 is 2.12 bits per heavy atom. The van der Waals surface area contributed by atoms with E-state index in [2.05, 4.69) is 10.2 Å². The molecule has 0 aromatic heterocycles. The molecule has 146 valence electrons. The van der Waals surface area contributed by atoms with Gasteiger partial charge in [-0.1, -0.05) is 0 Å². The van der Waals surface area contributed by atoms with E-state index in [0.717, 1.165) is 39.3 Å². The summed E-state index contributed by atoms with van der Waals surface area (Å²) in [7, 11) is 0. The largest absolute Gasteiger partial charge is 0.458 e. The van der Waals surface area contributed by atoms with E-state index in [4.69, 9.17) is 14.2 Å². The molecule has 0 unspecified atom stereocenters. The molecule has 7 nitrogen and oxygen atoms in total. The molecule has 1 aliphatic heterocycles. The van der Waals surface area contributed by atoms with Crippen molar-refractivity contribution in [1.29, 1.82) is 0 Å². The van der Waals surface area contributed by atoms with Crippen LogP contribution in [0.2, 0.25) is 0 Å². The monoisotopic (exact) mass is 358 g/mol. The first-order valence-corrected chi connectivity index (χ1v) is 8.99. The lowest BCUT2D eigenvalue weighted by Crippen LogP contribution is -2.46. The molecule has 1 aliphatic rings. The van der Waals surface area contributed by atoms with Gasteiger partial charge in [0.15, 0.2) is 0 Å². The summed E-state index contributed by atoms with van der Waals surface area (Å²) in [6.45, 7) is 14.9. The maximum atomic E-state index is 12.4. The normalized spacial score (nSPS) is 17.7. The number of amides is 1. The highest BCUT2D eigenvalue weighted by Gasteiger charge is 2.28. The molecule has 1 amide bonds. The average molecular weight is 358 g/mol. The molecular formula is C18H34N2O5. The van der Waals surface area contributed by atoms with Gasteiger partial charge in [0.1, 0.15) is 17.2 Å². The van der Waals surface area contributed by atoms with Crippen molar-refractivity contribution >= 4 is 12.1 Å². The number of esters is 1. The summed E-state index contributed by atoms with van der Waals surface area (Å²) < 4.78 is 16.0. The van der Waals surface area contributed by atoms with E-state index in [1.165, 1.54) is 0 Å². The predicted molar refractivity (Wildman–Crippen MR) is 95.5 cm³/mol. The number of alkyl carbamates (subject to hydrolysis) is 1. The van der Waals surface area contributed by atoms with Crippen LogP contribution in [-0.4, -0.2) is 67.1 Å². The zero-order valence-corrected chi connectivity index (χ0v) is 16.5. The van der Waals surface area contributed by atoms with Crippen LogP contribution in [0.4, 0.5) is 4.79 Å². The molecule has 7 heteroatoms. The summed E-state index contributed by atoms with van der Waals surface area (Å²) in [6, 6.07) is -0.713. The maximum absolute atomic E-state index is 12.4. The molecule has 1 N–H and O–H groups in total. The number of rotatable bonds is 6. The second-order valence-electron chi connectivity index (χ2n) is 8.33. The van der Waals surface area contributed by atoms with E-state index in [9.17, 15) is 9.59 Å². The summed E-state index contributed by atoms with van der Waals surface area (Å²) in [5.41, 5.74) is -1.22. The van der Waals surface area contributed by atoms with Crippen molar-refractivity contribution in [3.05, 3.63) is 0 Å². The minimum atomic E-state index is -0.713. The van der Waals surface area contributed by atoms with Gasteiger partial charge in [-0.3, -0.25) is 4.90 Å². The second-order valence-corrected chi connectivity index (χ2v) is 8.33. The van der Waals surface area contributed by atoms with Crippen LogP contribution in [0.15, 0.2) is 0 Å². The fourth-order valence-corrected chi connectivity index (χ4v) is 2.42. The van der Waals surface area contributed by atoms with E-state index in [-0.39, 0.29) is 0 Å². The smallest absolute Gasteiger partial charge is 0.408 e. The minimum absolute atomic E-state index is 0.430. The van der Waals surface area contributed by atoms with Crippen LogP contribution in [0.25, 0.3) is 0 Å². The zero-order valence-electron chi connectivity index (χ0n) is 16.5. The lowest BCUT2D eigenvalue weighted by atomic mass is 10.1. The first-order valence-electron chi connectivity index (χ1n) is 8.99. The van der Waals surface area contributed by atoms with Crippen molar-refractivity contribution in [2.75, 3.05) is 32.8 Å². The zero-order chi connectivity index (χ0) is 19.1. The number of ether oxygens (including phenoxy) is 3. The van der Waals surface area contributed by atoms with Gasteiger partial charge in [-0.15, -0.1) is 0 Å². The molecule has 0 aromatic rings. The predicted octanol–water partition coefficient (Wildman–Crippen LogP) is 2.33. The number of carbonyl (C=O) groups is 2. The molecule has 0 aromatic carbocycles. The van der Waals surface area contributed by atoms with Crippen LogP contribution in [-0.2, 0) is 19.0 Å². The van der Waals surface area contributed by atoms with Gasteiger partial charge in [-0.05, 0) is 60.9 Å². The Balaban J connectivity index is 2.56. The molecule has 1 fully saturated rings. The molecule has 0 saturated carbocycles. The third-order valence-electron chi connectivity index (χ3n) is 3.45. The topological polar surface area (TPSA) is 77.1 Å². The van der Waals surface area contributed by atoms with Crippen molar-refractivity contribution in [1.82, 2.24) is 10.2 Å². The van der Waals surface area contributed by atoms with Gasteiger partial charge in [0.05, 0.1) is 13.2 Å². The Bertz CT molecular complexity index is 434. The first kappa shape index (κ1) is 21.7. The number of nitrogens with one attached hydrogen (secondary N) is 1. The highest BCUT2D eigenvalue weighted by atomic mass is 16.6. The highest BCUT2D eigenvalue weighted by Crippen LogP contribution is 2.13. The number of carbonyl (C=O) groups excluding carboxylic acids is 2. The maximum Gasteiger partial charge on any atom is 0.408 e. The van der Waals surface area contributed by atoms with E-state index < -0.39 is 29.3 Å². The highest BCUT2D eigenvalue weighted by molar-refractivity contribution is 5.81. The Labute approximate surface area is 151 Å². The van der Waals surface area contributed by atoms with Crippen molar-refractivity contribution in [3.8, 4) is 0 Å². The van der Waals surface area contributed by atoms with Gasteiger partial charge < -0.3 is 19.5 Å². The number of hydrogen-bond donors (Lipinski definition) is 1. The lowest BCUT2D eigenvalue weighted by molar-refractivity contribution is -0.157. The molecular weight excluding hydrogens is 324 g/mol. The summed E-state index contributed by atoms with van der Waals surface area (Å²) in [4.78, 5) is 26.7. The van der Waals surface area contributed by atoms with Crippen molar-refractivity contribution in [2.24, 2.45) is 0 Å². The molecule has 1 saturated heterocycles. The van der Waals surface area contributed by atoms with Crippen LogP contribution in [0.3, 0.4) is 0 Å². The lowest BCUT2D eigenvalue weighted by Gasteiger charge is -2.28. The van der Waals surface area contributed by atoms with E-state index in [1.807, 2.05) is 20.8 Å². The Hall–Kier alpha value is -1.34. The van der Waals surface area contributed by atoms with Gasteiger partial charge in [-0.2, -0.15) is 0 Å². The fraction of sp³-hybridized carbons (Fsp3) is 0.889. The van der Waals surface area contributed by atoms with Crippen molar-refractivity contribution < 1.29 is 23.8 Å². The molecule has 1 atom stereocenters. The molecule has 25 heavy (non-hydrogen) atoms. The van der Waals surface area contributed by atoms with Crippen molar-refractivity contribution in [2.45, 2.75) is 71.6 Å². The van der Waals surface area contributed by atoms with Crippen LogP contribution >= 0.6 is 0 Å². The van der Waals surface area contributed by atoms with E-state index in [1.54, 1.807) is 20.8 Å². The average Bonchev–Trinajstić information content (AvgIpc) is 2.43. The van der Waals surface area contributed by atoms with Gasteiger partial charge >= 0.3 is 12.1 Å². The summed E-state index contributed by atoms with van der Waals surface area (Å²) in [6.07, 6.45) is 0.681. The Morgan fingerprint density at radius 2 is 1.60 bits per heavy atom. The molecule has 0 aliphatic carbocycles. The molecule has 1 rings (SSSR count). The number of morpholine rings is 1. The van der Waals surface area contributed by atoms with Crippen LogP contribution in [0, 0.1) is 0 Å². The minimum Gasteiger partial charge on any atom is -0.458 e. The van der Waals surface area contributed by atoms with Crippen LogP contribution < -0.4 is 5.32 Å². The number of nitrogens with zero attached hydrogens (tertiary/aromatic N) is 1. The quantitative estimate of drug-likeness (QED) is 0.735. The summed E-state index contributed by atoms with van der Waals surface area (Å²) in [5, 5.41) is 2.65. The third-order valence-corrected chi connectivity index (χ3v) is 3.45. The van der Waals surface area contributed by atoms with Crippen molar-refractivity contribution in [3.63, 3.8) is 0 Å². The van der Waals surface area contributed by atoms with Gasteiger partial charge in [0, 0.05) is 13.1 Å². The second kappa shape index (κ2) is 9.38. The fourth-order valence-electron chi connectivity index (χ4n) is 2.42. The molecule has 0 spiro atoms. The Morgan fingerprint density at radius 1 is 1.04 bits per heavy atom. The third kappa shape index (κ3) is 10.3. The molecule has 0 radical (unpaired) electrons. The van der Waals surface area contributed by atoms with Gasteiger partial charge in [0.2, 0.25) is 0 Å². The SMILES string of the molecule is CC(C)(C)OC(=O)N[C@@H](CCCN1CCOCC1)C(=O)OC(C)(C)C.